The van der Waals surface area contributed by atoms with Crippen molar-refractivity contribution < 1.29 is 9.47 Å². The first kappa shape index (κ1) is 14.1. The van der Waals surface area contributed by atoms with Gasteiger partial charge in [-0.25, -0.2) is 4.98 Å². The molecule has 1 saturated carbocycles. The predicted octanol–water partition coefficient (Wildman–Crippen LogP) is 1.99. The van der Waals surface area contributed by atoms with E-state index in [-0.39, 0.29) is 5.56 Å². The lowest BCUT2D eigenvalue weighted by Gasteiger charge is -2.21. The monoisotopic (exact) mass is 313 g/mol. The summed E-state index contributed by atoms with van der Waals surface area (Å²) in [5, 5.41) is 0. The van der Waals surface area contributed by atoms with Crippen LogP contribution in [0.25, 0.3) is 0 Å². The summed E-state index contributed by atoms with van der Waals surface area (Å²) < 4.78 is 12.9. The fourth-order valence-corrected chi connectivity index (χ4v) is 2.85. The van der Waals surface area contributed by atoms with Crippen molar-refractivity contribution in [3.05, 3.63) is 46.5 Å². The number of hydrogen-bond donors (Lipinski definition) is 0. The van der Waals surface area contributed by atoms with E-state index in [1.807, 2.05) is 30.1 Å². The number of rotatable bonds is 4. The van der Waals surface area contributed by atoms with Crippen molar-refractivity contribution in [3.63, 3.8) is 0 Å². The van der Waals surface area contributed by atoms with Crippen molar-refractivity contribution in [3.8, 4) is 11.5 Å². The quantitative estimate of drug-likeness (QED) is 0.864. The minimum Gasteiger partial charge on any atom is -0.486 e. The lowest BCUT2D eigenvalue weighted by atomic mass is 10.2. The van der Waals surface area contributed by atoms with Gasteiger partial charge in [0.05, 0.1) is 0 Å². The highest BCUT2D eigenvalue weighted by Crippen LogP contribution is 2.33. The summed E-state index contributed by atoms with van der Waals surface area (Å²) in [5.74, 6) is 2.02. The summed E-state index contributed by atoms with van der Waals surface area (Å²) in [6.07, 6.45) is 5.64. The summed E-state index contributed by atoms with van der Waals surface area (Å²) in [4.78, 5) is 18.7. The highest BCUT2D eigenvalue weighted by atomic mass is 16.6. The van der Waals surface area contributed by atoms with Crippen molar-refractivity contribution in [2.75, 3.05) is 25.2 Å². The van der Waals surface area contributed by atoms with Crippen molar-refractivity contribution in [1.29, 1.82) is 0 Å². The van der Waals surface area contributed by atoms with E-state index < -0.39 is 0 Å². The first-order valence-corrected chi connectivity index (χ1v) is 7.89. The largest absolute Gasteiger partial charge is 0.486 e. The Labute approximate surface area is 134 Å². The molecule has 2 heterocycles. The normalized spacial score (nSPS) is 16.2. The third-order valence-corrected chi connectivity index (χ3v) is 4.18. The zero-order valence-corrected chi connectivity index (χ0v) is 13.1. The predicted molar refractivity (Wildman–Crippen MR) is 86.3 cm³/mol. The van der Waals surface area contributed by atoms with Gasteiger partial charge in [-0.05, 0) is 30.5 Å². The molecule has 1 fully saturated rings. The number of anilines is 1. The molecule has 0 bridgehead atoms. The summed E-state index contributed by atoms with van der Waals surface area (Å²) in [7, 11) is 1.89. The molecule has 0 radical (unpaired) electrons. The van der Waals surface area contributed by atoms with Gasteiger partial charge in [0, 0.05) is 32.0 Å². The maximum atomic E-state index is 12.5. The Bertz CT molecular complexity index is 783. The van der Waals surface area contributed by atoms with E-state index in [9.17, 15) is 4.79 Å². The van der Waals surface area contributed by atoms with Gasteiger partial charge < -0.3 is 18.9 Å². The molecule has 6 nitrogen and oxygen atoms in total. The highest BCUT2D eigenvalue weighted by molar-refractivity contribution is 5.45. The van der Waals surface area contributed by atoms with Gasteiger partial charge in [0.1, 0.15) is 13.2 Å². The first-order chi connectivity index (χ1) is 11.2. The Kier molecular flexibility index (Phi) is 3.44. The molecular formula is C17H19N3O3. The highest BCUT2D eigenvalue weighted by Gasteiger charge is 2.26. The van der Waals surface area contributed by atoms with Crippen molar-refractivity contribution in [2.24, 2.45) is 0 Å². The number of fused-ring (bicyclic) bond motifs is 1. The molecule has 0 saturated heterocycles. The summed E-state index contributed by atoms with van der Waals surface area (Å²) in [5.41, 5.74) is 1.04. The third-order valence-electron chi connectivity index (χ3n) is 4.18. The molecule has 4 rings (SSSR count). The van der Waals surface area contributed by atoms with Crippen molar-refractivity contribution in [1.82, 2.24) is 9.55 Å². The second kappa shape index (κ2) is 5.61. The van der Waals surface area contributed by atoms with Crippen LogP contribution in [0.1, 0.15) is 24.4 Å². The van der Waals surface area contributed by atoms with E-state index in [0.717, 1.165) is 29.9 Å². The van der Waals surface area contributed by atoms with Gasteiger partial charge in [0.25, 0.3) is 5.56 Å². The molecule has 23 heavy (non-hydrogen) atoms. The lowest BCUT2D eigenvalue weighted by Crippen LogP contribution is -2.30. The average Bonchev–Trinajstić information content (AvgIpc) is 3.39. The fraction of sp³-hybridized carbons (Fsp3) is 0.412. The second-order valence-electron chi connectivity index (χ2n) is 6.03. The third kappa shape index (κ3) is 2.76. The number of nitrogens with zero attached hydrogens (tertiary/aromatic N) is 3. The van der Waals surface area contributed by atoms with Gasteiger partial charge >= 0.3 is 0 Å². The Morgan fingerprint density at radius 1 is 1.26 bits per heavy atom. The standard InChI is InChI=1S/C17H19N3O3/c1-19(16-17(21)20(7-6-18-16)13-3-4-13)11-12-2-5-14-15(10-12)23-9-8-22-14/h2,5-7,10,13H,3-4,8-9,11H2,1H3. The maximum absolute atomic E-state index is 12.5. The minimum absolute atomic E-state index is 0.0185. The van der Waals surface area contributed by atoms with E-state index in [1.54, 1.807) is 17.0 Å². The second-order valence-corrected chi connectivity index (χ2v) is 6.03. The molecule has 1 aliphatic carbocycles. The zero-order valence-electron chi connectivity index (χ0n) is 13.1. The van der Waals surface area contributed by atoms with E-state index >= 15 is 0 Å². The van der Waals surface area contributed by atoms with Crippen molar-refractivity contribution in [2.45, 2.75) is 25.4 Å². The van der Waals surface area contributed by atoms with Gasteiger partial charge in [0.2, 0.25) is 0 Å². The Balaban J connectivity index is 1.57. The van der Waals surface area contributed by atoms with Gasteiger partial charge in [-0.2, -0.15) is 0 Å². The van der Waals surface area contributed by atoms with Gasteiger partial charge in [-0.15, -0.1) is 0 Å². The van der Waals surface area contributed by atoms with E-state index in [1.165, 1.54) is 0 Å². The maximum Gasteiger partial charge on any atom is 0.293 e. The van der Waals surface area contributed by atoms with Crippen LogP contribution in [0.5, 0.6) is 11.5 Å². The van der Waals surface area contributed by atoms with Gasteiger partial charge in [-0.3, -0.25) is 4.79 Å². The van der Waals surface area contributed by atoms with E-state index in [4.69, 9.17) is 9.47 Å². The Morgan fingerprint density at radius 2 is 2.04 bits per heavy atom. The first-order valence-electron chi connectivity index (χ1n) is 7.89. The smallest absolute Gasteiger partial charge is 0.293 e. The van der Waals surface area contributed by atoms with Crippen LogP contribution in [0.15, 0.2) is 35.4 Å². The summed E-state index contributed by atoms with van der Waals surface area (Å²) in [6.45, 7) is 1.74. The molecule has 0 N–H and O–H groups in total. The van der Waals surface area contributed by atoms with E-state index in [0.29, 0.717) is 31.6 Å². The lowest BCUT2D eigenvalue weighted by molar-refractivity contribution is 0.171. The molecule has 120 valence electrons. The van der Waals surface area contributed by atoms with Crippen LogP contribution in [0.2, 0.25) is 0 Å². The van der Waals surface area contributed by atoms with Crippen LogP contribution in [-0.4, -0.2) is 29.8 Å². The zero-order chi connectivity index (χ0) is 15.8. The molecule has 0 atom stereocenters. The molecular weight excluding hydrogens is 294 g/mol. The van der Waals surface area contributed by atoms with Crippen LogP contribution in [-0.2, 0) is 6.54 Å². The fourth-order valence-electron chi connectivity index (χ4n) is 2.85. The molecule has 0 amide bonds. The van der Waals surface area contributed by atoms with Crippen LogP contribution < -0.4 is 19.9 Å². The number of benzene rings is 1. The van der Waals surface area contributed by atoms with Crippen molar-refractivity contribution >= 4 is 5.82 Å². The molecule has 1 aromatic carbocycles. The number of ether oxygens (including phenoxy) is 2. The Hall–Kier alpha value is -2.50. The van der Waals surface area contributed by atoms with Crippen LogP contribution in [0, 0.1) is 0 Å². The number of aromatic nitrogens is 2. The Morgan fingerprint density at radius 3 is 2.83 bits per heavy atom. The summed E-state index contributed by atoms with van der Waals surface area (Å²) in [6, 6.07) is 6.23. The van der Waals surface area contributed by atoms with Gasteiger partial charge in [0.15, 0.2) is 17.3 Å². The molecule has 1 aromatic heterocycles. The molecule has 0 unspecified atom stereocenters. The van der Waals surface area contributed by atoms with E-state index in [2.05, 4.69) is 4.98 Å². The van der Waals surface area contributed by atoms with Crippen LogP contribution >= 0.6 is 0 Å². The minimum atomic E-state index is -0.0185. The summed E-state index contributed by atoms with van der Waals surface area (Å²) >= 11 is 0. The SMILES string of the molecule is CN(Cc1ccc2c(c1)OCCO2)c1nccn(C2CC2)c1=O. The molecule has 6 heteroatoms. The average molecular weight is 313 g/mol. The number of hydrogen-bond acceptors (Lipinski definition) is 5. The van der Waals surface area contributed by atoms with Crippen LogP contribution in [0.4, 0.5) is 5.82 Å². The molecule has 2 aromatic rings. The molecule has 2 aliphatic rings. The molecule has 1 aliphatic heterocycles. The van der Waals surface area contributed by atoms with Gasteiger partial charge in [-0.1, -0.05) is 6.07 Å². The topological polar surface area (TPSA) is 56.6 Å². The van der Waals surface area contributed by atoms with Crippen LogP contribution in [0.3, 0.4) is 0 Å². The molecule has 0 spiro atoms.